The Morgan fingerprint density at radius 3 is 2.77 bits per heavy atom. The summed E-state index contributed by atoms with van der Waals surface area (Å²) in [4.78, 5) is 20.3. The first-order chi connectivity index (χ1) is 10.7. The molecule has 5 nitrogen and oxygen atoms in total. The summed E-state index contributed by atoms with van der Waals surface area (Å²) < 4.78 is 10.4. The van der Waals surface area contributed by atoms with Crippen LogP contribution in [0.4, 0.5) is 0 Å². The predicted molar refractivity (Wildman–Crippen MR) is 82.6 cm³/mol. The standard InChI is InChI=1S/C17H14N2O3/c1-11-9-12(6-7-15(11)21-2)10-14-17(20)22-16(19-14)13-5-3-4-8-18-13/h3-10H,1-2H3/b14-10+. The average Bonchev–Trinajstić information content (AvgIpc) is 2.89. The molecule has 0 bridgehead atoms. The SMILES string of the molecule is COc1ccc(/C=C2/N=C(c3ccccn3)OC2=O)cc1C. The van der Waals surface area contributed by atoms with Crippen molar-refractivity contribution in [3.63, 3.8) is 0 Å². The summed E-state index contributed by atoms with van der Waals surface area (Å²) in [5, 5.41) is 0. The van der Waals surface area contributed by atoms with Crippen molar-refractivity contribution in [2.24, 2.45) is 4.99 Å². The number of aliphatic imine (C=N–C) groups is 1. The molecular weight excluding hydrogens is 280 g/mol. The van der Waals surface area contributed by atoms with E-state index >= 15 is 0 Å². The summed E-state index contributed by atoms with van der Waals surface area (Å²) in [5.41, 5.74) is 2.63. The zero-order chi connectivity index (χ0) is 15.5. The van der Waals surface area contributed by atoms with Crippen LogP contribution in [0.2, 0.25) is 0 Å². The zero-order valence-electron chi connectivity index (χ0n) is 12.2. The summed E-state index contributed by atoms with van der Waals surface area (Å²) >= 11 is 0. The monoisotopic (exact) mass is 294 g/mol. The first kappa shape index (κ1) is 14.0. The number of ether oxygens (including phenoxy) is 2. The first-order valence-corrected chi connectivity index (χ1v) is 6.76. The lowest BCUT2D eigenvalue weighted by Gasteiger charge is -2.04. The number of hydrogen-bond acceptors (Lipinski definition) is 5. The lowest BCUT2D eigenvalue weighted by atomic mass is 10.1. The normalized spacial score (nSPS) is 15.6. The van der Waals surface area contributed by atoms with Crippen LogP contribution in [-0.2, 0) is 9.53 Å². The molecule has 0 aliphatic carbocycles. The van der Waals surface area contributed by atoms with E-state index in [-0.39, 0.29) is 11.6 Å². The van der Waals surface area contributed by atoms with E-state index in [9.17, 15) is 4.79 Å². The number of cyclic esters (lactones) is 1. The number of esters is 1. The lowest BCUT2D eigenvalue weighted by molar-refractivity contribution is -0.129. The third-order valence-corrected chi connectivity index (χ3v) is 3.23. The molecule has 1 aliphatic rings. The van der Waals surface area contributed by atoms with Crippen LogP contribution in [0.5, 0.6) is 5.75 Å². The summed E-state index contributed by atoms with van der Waals surface area (Å²) in [6, 6.07) is 11.0. The third kappa shape index (κ3) is 2.74. The van der Waals surface area contributed by atoms with Gasteiger partial charge in [0.05, 0.1) is 7.11 Å². The molecule has 3 rings (SSSR count). The van der Waals surface area contributed by atoms with E-state index in [1.807, 2.05) is 31.2 Å². The van der Waals surface area contributed by atoms with Gasteiger partial charge in [-0.3, -0.25) is 4.98 Å². The van der Waals surface area contributed by atoms with Gasteiger partial charge in [0.15, 0.2) is 5.70 Å². The average molecular weight is 294 g/mol. The Kier molecular flexibility index (Phi) is 3.70. The van der Waals surface area contributed by atoms with E-state index in [1.165, 1.54) is 0 Å². The number of aromatic nitrogens is 1. The molecule has 110 valence electrons. The van der Waals surface area contributed by atoms with Crippen molar-refractivity contribution in [3.8, 4) is 5.75 Å². The van der Waals surface area contributed by atoms with Gasteiger partial charge in [-0.2, -0.15) is 0 Å². The summed E-state index contributed by atoms with van der Waals surface area (Å²) in [6.07, 6.45) is 3.31. The molecule has 1 aliphatic heterocycles. The molecular formula is C17H14N2O3. The van der Waals surface area contributed by atoms with Crippen LogP contribution in [0, 0.1) is 6.92 Å². The molecule has 2 aromatic rings. The van der Waals surface area contributed by atoms with Crippen LogP contribution in [0.3, 0.4) is 0 Å². The van der Waals surface area contributed by atoms with Crippen molar-refractivity contribution in [1.82, 2.24) is 4.98 Å². The molecule has 0 amide bonds. The fraction of sp³-hybridized carbons (Fsp3) is 0.118. The highest BCUT2D eigenvalue weighted by molar-refractivity contribution is 6.12. The number of methoxy groups -OCH3 is 1. The maximum Gasteiger partial charge on any atom is 0.363 e. The van der Waals surface area contributed by atoms with Crippen molar-refractivity contribution >= 4 is 17.9 Å². The molecule has 0 saturated heterocycles. The van der Waals surface area contributed by atoms with Crippen LogP contribution in [0.15, 0.2) is 53.3 Å². The second-order valence-corrected chi connectivity index (χ2v) is 4.78. The Morgan fingerprint density at radius 2 is 2.09 bits per heavy atom. The Hall–Kier alpha value is -2.95. The number of carbonyl (C=O) groups excluding carboxylic acids is 1. The van der Waals surface area contributed by atoms with Crippen LogP contribution in [-0.4, -0.2) is 24.0 Å². The number of hydrogen-bond donors (Lipinski definition) is 0. The summed E-state index contributed by atoms with van der Waals surface area (Å²) in [6.45, 7) is 1.94. The van der Waals surface area contributed by atoms with Crippen LogP contribution < -0.4 is 4.74 Å². The number of aryl methyl sites for hydroxylation is 1. The van der Waals surface area contributed by atoms with Crippen molar-refractivity contribution in [3.05, 3.63) is 65.1 Å². The number of benzene rings is 1. The second kappa shape index (κ2) is 5.81. The van der Waals surface area contributed by atoms with Crippen molar-refractivity contribution in [1.29, 1.82) is 0 Å². The molecule has 1 aromatic carbocycles. The lowest BCUT2D eigenvalue weighted by Crippen LogP contribution is -2.06. The number of carbonyl (C=O) groups is 1. The first-order valence-electron chi connectivity index (χ1n) is 6.76. The number of rotatable bonds is 3. The Balaban J connectivity index is 1.92. The molecule has 22 heavy (non-hydrogen) atoms. The van der Waals surface area contributed by atoms with E-state index in [2.05, 4.69) is 9.98 Å². The van der Waals surface area contributed by atoms with Gasteiger partial charge in [-0.1, -0.05) is 12.1 Å². The topological polar surface area (TPSA) is 60.8 Å². The van der Waals surface area contributed by atoms with Crippen LogP contribution >= 0.6 is 0 Å². The van der Waals surface area contributed by atoms with E-state index in [4.69, 9.17) is 9.47 Å². The molecule has 5 heteroatoms. The minimum absolute atomic E-state index is 0.224. The Labute approximate surface area is 127 Å². The van der Waals surface area contributed by atoms with Gasteiger partial charge in [0, 0.05) is 6.20 Å². The molecule has 0 fully saturated rings. The van der Waals surface area contributed by atoms with Crippen molar-refractivity contribution in [2.45, 2.75) is 6.92 Å². The van der Waals surface area contributed by atoms with E-state index < -0.39 is 5.97 Å². The third-order valence-electron chi connectivity index (χ3n) is 3.23. The molecule has 0 atom stereocenters. The quantitative estimate of drug-likeness (QED) is 0.645. The van der Waals surface area contributed by atoms with E-state index in [0.29, 0.717) is 5.69 Å². The van der Waals surface area contributed by atoms with Gasteiger partial charge < -0.3 is 9.47 Å². The van der Waals surface area contributed by atoms with Gasteiger partial charge in [0.2, 0.25) is 5.90 Å². The molecule has 2 heterocycles. The molecule has 0 N–H and O–H groups in total. The van der Waals surface area contributed by atoms with Gasteiger partial charge in [0.25, 0.3) is 0 Å². The minimum Gasteiger partial charge on any atom is -0.496 e. The van der Waals surface area contributed by atoms with Crippen LogP contribution in [0.1, 0.15) is 16.8 Å². The van der Waals surface area contributed by atoms with Gasteiger partial charge in [-0.25, -0.2) is 9.79 Å². The highest BCUT2D eigenvalue weighted by atomic mass is 16.6. The fourth-order valence-electron chi connectivity index (χ4n) is 2.16. The largest absolute Gasteiger partial charge is 0.496 e. The number of pyridine rings is 1. The molecule has 0 unspecified atom stereocenters. The summed E-state index contributed by atoms with van der Waals surface area (Å²) in [7, 11) is 1.62. The molecule has 0 radical (unpaired) electrons. The van der Waals surface area contributed by atoms with Gasteiger partial charge in [-0.05, 0) is 48.4 Å². The predicted octanol–water partition coefficient (Wildman–Crippen LogP) is 2.74. The minimum atomic E-state index is -0.478. The fourth-order valence-corrected chi connectivity index (χ4v) is 2.16. The maximum atomic E-state index is 11.9. The Morgan fingerprint density at radius 1 is 1.23 bits per heavy atom. The molecule has 1 aromatic heterocycles. The second-order valence-electron chi connectivity index (χ2n) is 4.78. The van der Waals surface area contributed by atoms with Crippen LogP contribution in [0.25, 0.3) is 6.08 Å². The van der Waals surface area contributed by atoms with Crippen molar-refractivity contribution < 1.29 is 14.3 Å². The smallest absolute Gasteiger partial charge is 0.363 e. The Bertz CT molecular complexity index is 780. The highest BCUT2D eigenvalue weighted by Gasteiger charge is 2.24. The van der Waals surface area contributed by atoms with Gasteiger partial charge in [-0.15, -0.1) is 0 Å². The van der Waals surface area contributed by atoms with Crippen molar-refractivity contribution in [2.75, 3.05) is 7.11 Å². The maximum absolute atomic E-state index is 11.9. The zero-order valence-corrected chi connectivity index (χ0v) is 12.2. The van der Waals surface area contributed by atoms with Gasteiger partial charge >= 0.3 is 5.97 Å². The molecule has 0 saturated carbocycles. The van der Waals surface area contributed by atoms with E-state index in [1.54, 1.807) is 31.5 Å². The highest BCUT2D eigenvalue weighted by Crippen LogP contribution is 2.22. The van der Waals surface area contributed by atoms with Gasteiger partial charge in [0.1, 0.15) is 11.4 Å². The molecule has 0 spiro atoms. The number of nitrogens with zero attached hydrogens (tertiary/aromatic N) is 2. The van der Waals surface area contributed by atoms with E-state index in [0.717, 1.165) is 16.9 Å². The summed E-state index contributed by atoms with van der Waals surface area (Å²) in [5.74, 6) is 0.546.